The molecule has 1 saturated heterocycles. The van der Waals surface area contributed by atoms with E-state index in [-0.39, 0.29) is 6.09 Å². The quantitative estimate of drug-likeness (QED) is 0.887. The molecular weight excluding hydrogens is 232 g/mol. The number of likely N-dealkylation sites (tertiary alicyclic amines) is 1. The van der Waals surface area contributed by atoms with E-state index in [4.69, 9.17) is 10.5 Å². The van der Waals surface area contributed by atoms with E-state index in [1.54, 1.807) is 11.0 Å². The highest BCUT2D eigenvalue weighted by atomic mass is 16.6. The molecule has 0 radical (unpaired) electrons. The summed E-state index contributed by atoms with van der Waals surface area (Å²) in [6.45, 7) is 3.91. The number of hydrogen-bond donors (Lipinski definition) is 1. The largest absolute Gasteiger partial charge is 0.449 e. The fourth-order valence-corrected chi connectivity index (χ4v) is 2.15. The second kappa shape index (κ2) is 5.75. The second-order valence-electron chi connectivity index (χ2n) is 4.55. The average molecular weight is 252 g/mol. The van der Waals surface area contributed by atoms with Crippen molar-refractivity contribution in [2.75, 3.05) is 25.4 Å². The minimum absolute atomic E-state index is 0.199. The van der Waals surface area contributed by atoms with E-state index >= 15 is 0 Å². The van der Waals surface area contributed by atoms with Crippen molar-refractivity contribution in [1.29, 1.82) is 0 Å². The third-order valence-corrected chi connectivity index (χ3v) is 3.16. The number of nitrogens with zero attached hydrogens (tertiary/aromatic N) is 3. The molecule has 0 aliphatic carbocycles. The standard InChI is InChI=1S/C12H20N4O2/c1-2-9-18-12(17)15-6-3-10(4-7-15)16-8-5-11(13)14-16/h5,8,10H,2-4,6-7,9H2,1H3,(H2,13,14). The number of aromatic nitrogens is 2. The van der Waals surface area contributed by atoms with E-state index in [1.807, 2.05) is 17.8 Å². The van der Waals surface area contributed by atoms with Crippen LogP contribution in [0.3, 0.4) is 0 Å². The Hall–Kier alpha value is -1.72. The minimum Gasteiger partial charge on any atom is -0.449 e. The van der Waals surface area contributed by atoms with Crippen LogP contribution in [0.15, 0.2) is 12.3 Å². The van der Waals surface area contributed by atoms with Crippen LogP contribution in [0.2, 0.25) is 0 Å². The SMILES string of the molecule is CCCOC(=O)N1CCC(n2ccc(N)n2)CC1. The van der Waals surface area contributed by atoms with Gasteiger partial charge in [-0.1, -0.05) is 6.92 Å². The van der Waals surface area contributed by atoms with Crippen molar-refractivity contribution in [3.8, 4) is 0 Å². The monoisotopic (exact) mass is 252 g/mol. The first kappa shape index (κ1) is 12.7. The summed E-state index contributed by atoms with van der Waals surface area (Å²) in [6.07, 6.45) is 4.33. The first-order chi connectivity index (χ1) is 8.70. The highest BCUT2D eigenvalue weighted by molar-refractivity contribution is 5.67. The smallest absolute Gasteiger partial charge is 0.409 e. The van der Waals surface area contributed by atoms with Crippen LogP contribution in [0.4, 0.5) is 10.6 Å². The second-order valence-corrected chi connectivity index (χ2v) is 4.55. The van der Waals surface area contributed by atoms with Crippen LogP contribution in [0, 0.1) is 0 Å². The zero-order valence-electron chi connectivity index (χ0n) is 10.7. The summed E-state index contributed by atoms with van der Waals surface area (Å²) >= 11 is 0. The Morgan fingerprint density at radius 3 is 2.83 bits per heavy atom. The topological polar surface area (TPSA) is 73.4 Å². The summed E-state index contributed by atoms with van der Waals surface area (Å²) in [5.41, 5.74) is 5.60. The molecule has 100 valence electrons. The number of nitrogen functional groups attached to an aromatic ring is 1. The van der Waals surface area contributed by atoms with Gasteiger partial charge in [0.2, 0.25) is 0 Å². The summed E-state index contributed by atoms with van der Waals surface area (Å²) in [5.74, 6) is 0.541. The van der Waals surface area contributed by atoms with Gasteiger partial charge < -0.3 is 15.4 Å². The lowest BCUT2D eigenvalue weighted by Crippen LogP contribution is -2.39. The lowest BCUT2D eigenvalue weighted by Gasteiger charge is -2.31. The number of ether oxygens (including phenoxy) is 1. The molecule has 0 atom stereocenters. The van der Waals surface area contributed by atoms with E-state index in [1.165, 1.54) is 0 Å². The van der Waals surface area contributed by atoms with Gasteiger partial charge in [-0.3, -0.25) is 4.68 Å². The number of piperidine rings is 1. The molecule has 0 saturated carbocycles. The number of rotatable bonds is 3. The van der Waals surface area contributed by atoms with Gasteiger partial charge in [-0.05, 0) is 25.3 Å². The lowest BCUT2D eigenvalue weighted by molar-refractivity contribution is 0.0876. The normalized spacial score (nSPS) is 16.8. The Balaban J connectivity index is 1.82. The van der Waals surface area contributed by atoms with Gasteiger partial charge in [0.1, 0.15) is 5.82 Å². The van der Waals surface area contributed by atoms with Crippen molar-refractivity contribution in [2.45, 2.75) is 32.2 Å². The molecule has 6 nitrogen and oxygen atoms in total. The molecule has 0 spiro atoms. The van der Waals surface area contributed by atoms with Crippen LogP contribution >= 0.6 is 0 Å². The number of carbonyl (C=O) groups is 1. The Morgan fingerprint density at radius 2 is 2.28 bits per heavy atom. The van der Waals surface area contributed by atoms with E-state index < -0.39 is 0 Å². The molecule has 1 aliphatic rings. The van der Waals surface area contributed by atoms with Crippen LogP contribution in [0.25, 0.3) is 0 Å². The van der Waals surface area contributed by atoms with E-state index in [0.717, 1.165) is 19.3 Å². The summed E-state index contributed by atoms with van der Waals surface area (Å²) in [5, 5.41) is 4.21. The average Bonchev–Trinajstić information content (AvgIpc) is 2.83. The summed E-state index contributed by atoms with van der Waals surface area (Å²) in [4.78, 5) is 13.4. The van der Waals surface area contributed by atoms with Crippen LogP contribution in [0.5, 0.6) is 0 Å². The van der Waals surface area contributed by atoms with Gasteiger partial charge in [0.25, 0.3) is 0 Å². The number of hydrogen-bond acceptors (Lipinski definition) is 4. The fraction of sp³-hybridized carbons (Fsp3) is 0.667. The number of carbonyl (C=O) groups excluding carboxylic acids is 1. The maximum atomic E-state index is 11.7. The molecule has 1 fully saturated rings. The molecule has 6 heteroatoms. The Bertz CT molecular complexity index is 397. The maximum Gasteiger partial charge on any atom is 0.409 e. The number of nitrogens with two attached hydrogens (primary N) is 1. The van der Waals surface area contributed by atoms with Crippen molar-refractivity contribution in [3.05, 3.63) is 12.3 Å². The van der Waals surface area contributed by atoms with Gasteiger partial charge in [-0.25, -0.2) is 4.79 Å². The Labute approximate surface area is 107 Å². The summed E-state index contributed by atoms with van der Waals surface area (Å²) in [6, 6.07) is 2.12. The van der Waals surface area contributed by atoms with E-state index in [2.05, 4.69) is 5.10 Å². The van der Waals surface area contributed by atoms with Gasteiger partial charge in [-0.2, -0.15) is 5.10 Å². The first-order valence-corrected chi connectivity index (χ1v) is 6.43. The van der Waals surface area contributed by atoms with Crippen LogP contribution in [0.1, 0.15) is 32.2 Å². The van der Waals surface area contributed by atoms with Gasteiger partial charge >= 0.3 is 6.09 Å². The molecule has 1 aliphatic heterocycles. The highest BCUT2D eigenvalue weighted by Gasteiger charge is 2.24. The van der Waals surface area contributed by atoms with Crippen LogP contribution in [-0.2, 0) is 4.74 Å². The van der Waals surface area contributed by atoms with Gasteiger partial charge in [-0.15, -0.1) is 0 Å². The molecule has 0 bridgehead atoms. The molecule has 2 rings (SSSR count). The predicted molar refractivity (Wildman–Crippen MR) is 68.1 cm³/mol. The molecule has 2 N–H and O–H groups in total. The minimum atomic E-state index is -0.199. The molecule has 1 amide bonds. The zero-order chi connectivity index (χ0) is 13.0. The summed E-state index contributed by atoms with van der Waals surface area (Å²) in [7, 11) is 0. The lowest BCUT2D eigenvalue weighted by atomic mass is 10.1. The molecule has 0 unspecified atom stereocenters. The van der Waals surface area contributed by atoms with Gasteiger partial charge in [0.05, 0.1) is 12.6 Å². The molecule has 0 aromatic carbocycles. The fourth-order valence-electron chi connectivity index (χ4n) is 2.15. The van der Waals surface area contributed by atoms with Crippen LogP contribution in [-0.4, -0.2) is 40.5 Å². The Morgan fingerprint density at radius 1 is 1.56 bits per heavy atom. The van der Waals surface area contributed by atoms with E-state index in [9.17, 15) is 4.79 Å². The first-order valence-electron chi connectivity index (χ1n) is 6.43. The third-order valence-electron chi connectivity index (χ3n) is 3.16. The molecule has 2 heterocycles. The van der Waals surface area contributed by atoms with Crippen molar-refractivity contribution >= 4 is 11.9 Å². The molecule has 1 aromatic heterocycles. The third kappa shape index (κ3) is 2.94. The molecular formula is C12H20N4O2. The van der Waals surface area contributed by atoms with Crippen molar-refractivity contribution in [2.24, 2.45) is 0 Å². The zero-order valence-corrected chi connectivity index (χ0v) is 10.7. The van der Waals surface area contributed by atoms with E-state index in [0.29, 0.717) is 31.6 Å². The predicted octanol–water partition coefficient (Wildman–Crippen LogP) is 1.65. The maximum absolute atomic E-state index is 11.7. The van der Waals surface area contributed by atoms with Gasteiger partial charge in [0.15, 0.2) is 0 Å². The van der Waals surface area contributed by atoms with Crippen molar-refractivity contribution < 1.29 is 9.53 Å². The molecule has 1 aromatic rings. The number of amides is 1. The molecule has 18 heavy (non-hydrogen) atoms. The number of anilines is 1. The van der Waals surface area contributed by atoms with Crippen molar-refractivity contribution in [1.82, 2.24) is 14.7 Å². The van der Waals surface area contributed by atoms with Crippen LogP contribution < -0.4 is 5.73 Å². The Kier molecular flexibility index (Phi) is 4.07. The highest BCUT2D eigenvalue weighted by Crippen LogP contribution is 2.22. The van der Waals surface area contributed by atoms with Crippen molar-refractivity contribution in [3.63, 3.8) is 0 Å². The summed E-state index contributed by atoms with van der Waals surface area (Å²) < 4.78 is 7.01. The van der Waals surface area contributed by atoms with Gasteiger partial charge in [0, 0.05) is 19.3 Å².